The minimum atomic E-state index is 0.528. The smallest absolute Gasteiger partial charge is 0.194 e. The van der Waals surface area contributed by atoms with Crippen molar-refractivity contribution in [2.75, 3.05) is 13.6 Å². The number of halogens is 1. The predicted octanol–water partition coefficient (Wildman–Crippen LogP) is 0.565. The van der Waals surface area contributed by atoms with Crippen molar-refractivity contribution in [3.8, 4) is 0 Å². The van der Waals surface area contributed by atoms with Gasteiger partial charge in [0, 0.05) is 7.05 Å². The van der Waals surface area contributed by atoms with Crippen molar-refractivity contribution in [1.82, 2.24) is 4.90 Å². The number of nitrogens with zero attached hydrogens (tertiary/aromatic N) is 2. The summed E-state index contributed by atoms with van der Waals surface area (Å²) >= 11 is 5.48. The van der Waals surface area contributed by atoms with Crippen LogP contribution in [0.2, 0.25) is 0 Å². The summed E-state index contributed by atoms with van der Waals surface area (Å²) in [4.78, 5) is 5.48. The van der Waals surface area contributed by atoms with Crippen molar-refractivity contribution in [2.45, 2.75) is 0 Å². The highest BCUT2D eigenvalue weighted by Crippen LogP contribution is 2.03. The second kappa shape index (κ2) is 1.70. The van der Waals surface area contributed by atoms with Crippen LogP contribution in [-0.4, -0.2) is 23.8 Å². The molecule has 38 valence electrons. The highest BCUT2D eigenvalue weighted by atomic mass is 35.5. The molecule has 0 aromatic heterocycles. The van der Waals surface area contributed by atoms with E-state index >= 15 is 0 Å². The Morgan fingerprint density at radius 2 is 2.71 bits per heavy atom. The fraction of sp³-hybridized carbons (Fsp3) is 0.500. The molecule has 0 bridgehead atoms. The van der Waals surface area contributed by atoms with E-state index in [9.17, 15) is 0 Å². The largest absolute Gasteiger partial charge is 0.338 e. The molecule has 1 aliphatic heterocycles. The van der Waals surface area contributed by atoms with Crippen molar-refractivity contribution in [3.05, 3.63) is 6.54 Å². The van der Waals surface area contributed by atoms with Gasteiger partial charge in [0.25, 0.3) is 0 Å². The van der Waals surface area contributed by atoms with Gasteiger partial charge in [0.2, 0.25) is 0 Å². The van der Waals surface area contributed by atoms with Crippen LogP contribution >= 0.6 is 11.6 Å². The molecule has 0 fully saturated rings. The Labute approximate surface area is 47.8 Å². The number of hydrogen-bond acceptors (Lipinski definition) is 2. The third kappa shape index (κ3) is 0.855. The average molecular weight is 117 g/mol. The monoisotopic (exact) mass is 116 g/mol. The Balaban J connectivity index is 2.54. The molecule has 0 saturated carbocycles. The Bertz CT molecular complexity index is 99.9. The predicted molar refractivity (Wildman–Crippen MR) is 29.2 cm³/mol. The molecular weight excluding hydrogens is 112 g/mol. The van der Waals surface area contributed by atoms with Gasteiger partial charge in [-0.05, 0) is 11.6 Å². The first kappa shape index (κ1) is 4.91. The molecule has 1 aliphatic rings. The lowest BCUT2D eigenvalue weighted by molar-refractivity contribution is 0.650. The Kier molecular flexibility index (Phi) is 1.19. The summed E-state index contributed by atoms with van der Waals surface area (Å²) in [5.74, 6) is 0. The summed E-state index contributed by atoms with van der Waals surface area (Å²) in [6, 6.07) is 0. The molecular formula is C4H5ClN2. The molecule has 0 amide bonds. The van der Waals surface area contributed by atoms with Gasteiger partial charge in [0.05, 0.1) is 6.54 Å². The zero-order valence-electron chi connectivity index (χ0n) is 3.98. The van der Waals surface area contributed by atoms with Crippen LogP contribution in [0.4, 0.5) is 0 Å². The van der Waals surface area contributed by atoms with E-state index in [2.05, 4.69) is 11.5 Å². The van der Waals surface area contributed by atoms with Gasteiger partial charge in [-0.3, -0.25) is 4.99 Å². The van der Waals surface area contributed by atoms with Gasteiger partial charge < -0.3 is 4.90 Å². The van der Waals surface area contributed by atoms with Crippen LogP contribution < -0.4 is 0 Å². The molecule has 1 heterocycles. The number of aliphatic imine (C=N–C) groups is 1. The highest BCUT2D eigenvalue weighted by Gasteiger charge is 2.08. The van der Waals surface area contributed by atoms with Crippen molar-refractivity contribution in [2.24, 2.45) is 4.99 Å². The zero-order chi connectivity index (χ0) is 5.28. The van der Waals surface area contributed by atoms with Gasteiger partial charge in [-0.15, -0.1) is 0 Å². The van der Waals surface area contributed by atoms with Crippen LogP contribution in [0.15, 0.2) is 4.99 Å². The summed E-state index contributed by atoms with van der Waals surface area (Å²) in [5.41, 5.74) is 0. The minimum Gasteiger partial charge on any atom is -0.338 e. The standard InChI is InChI=1S/C4H5ClN2/c1-7-3-2-6-4(7)5/h2H2,1H3. The summed E-state index contributed by atoms with van der Waals surface area (Å²) in [7, 11) is 1.82. The van der Waals surface area contributed by atoms with Crippen molar-refractivity contribution < 1.29 is 0 Å². The van der Waals surface area contributed by atoms with Gasteiger partial charge in [-0.25, -0.2) is 0 Å². The van der Waals surface area contributed by atoms with Crippen LogP contribution in [0.1, 0.15) is 0 Å². The molecule has 0 spiro atoms. The zero-order valence-corrected chi connectivity index (χ0v) is 4.74. The van der Waals surface area contributed by atoms with E-state index in [0.717, 1.165) is 0 Å². The summed E-state index contributed by atoms with van der Waals surface area (Å²) in [6.07, 6.45) is 0. The SMILES string of the molecule is CN1[C]CN=C1Cl. The summed E-state index contributed by atoms with van der Waals surface area (Å²) in [5, 5.41) is 0.528. The van der Waals surface area contributed by atoms with Crippen LogP contribution in [0.3, 0.4) is 0 Å². The molecule has 2 radical (unpaired) electrons. The van der Waals surface area contributed by atoms with Gasteiger partial charge >= 0.3 is 0 Å². The molecule has 0 aliphatic carbocycles. The molecule has 0 aromatic carbocycles. The van der Waals surface area contributed by atoms with Gasteiger partial charge in [0.1, 0.15) is 6.54 Å². The van der Waals surface area contributed by atoms with Crippen LogP contribution in [-0.2, 0) is 0 Å². The molecule has 0 N–H and O–H groups in total. The molecule has 0 aromatic rings. The third-order valence-electron chi connectivity index (χ3n) is 0.794. The van der Waals surface area contributed by atoms with Gasteiger partial charge in [-0.1, -0.05) is 0 Å². The number of hydrogen-bond donors (Lipinski definition) is 0. The van der Waals surface area contributed by atoms with Crippen LogP contribution in [0, 0.1) is 6.54 Å². The molecule has 0 saturated heterocycles. The highest BCUT2D eigenvalue weighted by molar-refractivity contribution is 6.64. The van der Waals surface area contributed by atoms with Crippen molar-refractivity contribution in [3.63, 3.8) is 0 Å². The lowest BCUT2D eigenvalue weighted by Gasteiger charge is -2.03. The maximum Gasteiger partial charge on any atom is 0.194 e. The van der Waals surface area contributed by atoms with Gasteiger partial charge in [0.15, 0.2) is 5.29 Å². The molecule has 2 nitrogen and oxygen atoms in total. The van der Waals surface area contributed by atoms with E-state index in [1.165, 1.54) is 0 Å². The Morgan fingerprint density at radius 1 is 2.00 bits per heavy atom. The number of rotatable bonds is 0. The van der Waals surface area contributed by atoms with Crippen LogP contribution in [0.5, 0.6) is 0 Å². The fourth-order valence-corrected chi connectivity index (χ4v) is 0.497. The molecule has 1 rings (SSSR count). The fourth-order valence-electron chi connectivity index (χ4n) is 0.378. The van der Waals surface area contributed by atoms with Crippen LogP contribution in [0.25, 0.3) is 0 Å². The average Bonchev–Trinajstić information content (AvgIpc) is 1.91. The molecule has 7 heavy (non-hydrogen) atoms. The quantitative estimate of drug-likeness (QED) is 0.423. The van der Waals surface area contributed by atoms with Crippen molar-refractivity contribution in [1.29, 1.82) is 0 Å². The van der Waals surface area contributed by atoms with E-state index in [0.29, 0.717) is 11.8 Å². The second-order valence-corrected chi connectivity index (χ2v) is 1.64. The maximum absolute atomic E-state index is 5.48. The third-order valence-corrected chi connectivity index (χ3v) is 1.17. The number of amidine groups is 1. The Hall–Kier alpha value is -0.240. The topological polar surface area (TPSA) is 15.6 Å². The van der Waals surface area contributed by atoms with E-state index < -0.39 is 0 Å². The van der Waals surface area contributed by atoms with Gasteiger partial charge in [-0.2, -0.15) is 0 Å². The summed E-state index contributed by atoms with van der Waals surface area (Å²) < 4.78 is 0. The van der Waals surface area contributed by atoms with E-state index in [1.807, 2.05) is 7.05 Å². The lowest BCUT2D eigenvalue weighted by Crippen LogP contribution is -2.12. The first-order chi connectivity index (χ1) is 3.30. The minimum absolute atomic E-state index is 0.528. The molecule has 3 heteroatoms. The maximum atomic E-state index is 5.48. The Morgan fingerprint density at radius 3 is 2.86 bits per heavy atom. The van der Waals surface area contributed by atoms with E-state index in [4.69, 9.17) is 11.6 Å². The van der Waals surface area contributed by atoms with Crippen molar-refractivity contribution >= 4 is 16.9 Å². The number of likely N-dealkylation sites (N-methyl/N-ethyl adjacent to an activating group) is 1. The van der Waals surface area contributed by atoms with E-state index in [-0.39, 0.29) is 0 Å². The molecule has 0 atom stereocenters. The first-order valence-electron chi connectivity index (χ1n) is 1.98. The molecule has 0 unspecified atom stereocenters. The second-order valence-electron chi connectivity index (χ2n) is 1.30. The van der Waals surface area contributed by atoms with E-state index in [1.54, 1.807) is 4.90 Å². The first-order valence-corrected chi connectivity index (χ1v) is 2.35. The lowest BCUT2D eigenvalue weighted by atomic mass is 10.6. The summed E-state index contributed by atoms with van der Waals surface area (Å²) in [6.45, 7) is 3.47. The normalized spacial score (nSPS) is 20.3.